The van der Waals surface area contributed by atoms with Crippen molar-refractivity contribution in [2.45, 2.75) is 39.5 Å². The third-order valence-corrected chi connectivity index (χ3v) is 9.10. The Morgan fingerprint density at radius 2 is 1.38 bits per heavy atom. The molecule has 0 atom stereocenters. The van der Waals surface area contributed by atoms with E-state index in [1.54, 1.807) is 11.1 Å². The number of piperazine rings is 1. The number of hydrogen-bond donors (Lipinski definition) is 0. The molecular formula is C25H29N3O3S. The van der Waals surface area contributed by atoms with Gasteiger partial charge in [-0.1, -0.05) is 24.3 Å². The second-order valence-corrected chi connectivity index (χ2v) is 10.4. The van der Waals surface area contributed by atoms with Gasteiger partial charge in [0.05, 0.1) is 4.90 Å². The van der Waals surface area contributed by atoms with E-state index in [1.165, 1.54) is 4.31 Å². The minimum atomic E-state index is -3.65. The van der Waals surface area contributed by atoms with Gasteiger partial charge in [0, 0.05) is 37.8 Å². The van der Waals surface area contributed by atoms with Crippen molar-refractivity contribution in [2.75, 3.05) is 26.2 Å². The van der Waals surface area contributed by atoms with Gasteiger partial charge in [0.1, 0.15) is 5.69 Å². The van der Waals surface area contributed by atoms with Gasteiger partial charge >= 0.3 is 0 Å². The van der Waals surface area contributed by atoms with Crippen LogP contribution in [-0.2, 0) is 10.0 Å². The van der Waals surface area contributed by atoms with Crippen molar-refractivity contribution in [3.05, 3.63) is 70.0 Å². The van der Waals surface area contributed by atoms with Crippen LogP contribution < -0.4 is 0 Å². The molecule has 0 saturated carbocycles. The Kier molecular flexibility index (Phi) is 5.81. The predicted molar refractivity (Wildman–Crippen MR) is 127 cm³/mol. The molecule has 0 radical (unpaired) electrons. The molecule has 0 unspecified atom stereocenters. The lowest BCUT2D eigenvalue weighted by molar-refractivity contribution is 0.0694. The number of fused-ring (bicyclic) bond motifs is 1. The third-order valence-electron chi connectivity index (χ3n) is 6.93. The van der Waals surface area contributed by atoms with Gasteiger partial charge in [0.25, 0.3) is 5.91 Å². The van der Waals surface area contributed by atoms with Crippen LogP contribution in [0.4, 0.5) is 0 Å². The lowest BCUT2D eigenvalue weighted by Crippen LogP contribution is -2.50. The quantitative estimate of drug-likeness (QED) is 0.605. The van der Waals surface area contributed by atoms with E-state index in [0.29, 0.717) is 23.7 Å². The number of carbonyl (C=O) groups is 1. The van der Waals surface area contributed by atoms with Crippen molar-refractivity contribution in [1.29, 1.82) is 0 Å². The van der Waals surface area contributed by atoms with Crippen molar-refractivity contribution in [3.63, 3.8) is 0 Å². The zero-order chi connectivity index (χ0) is 23.2. The van der Waals surface area contributed by atoms with E-state index in [1.807, 2.05) is 65.0 Å². The Morgan fingerprint density at radius 3 is 2.00 bits per heavy atom. The number of pyridine rings is 1. The van der Waals surface area contributed by atoms with Crippen LogP contribution in [0.1, 0.15) is 38.3 Å². The zero-order valence-corrected chi connectivity index (χ0v) is 20.1. The summed E-state index contributed by atoms with van der Waals surface area (Å²) in [5, 5.41) is 1.77. The number of sulfonamides is 1. The van der Waals surface area contributed by atoms with Crippen LogP contribution in [0.5, 0.6) is 0 Å². The van der Waals surface area contributed by atoms with Crippen LogP contribution in [0.3, 0.4) is 0 Å². The topological polar surface area (TPSA) is 70.6 Å². The number of rotatable bonds is 3. The Balaban J connectivity index is 1.58. The molecule has 1 amide bonds. The molecule has 1 fully saturated rings. The molecule has 3 aromatic rings. The molecule has 7 heteroatoms. The standard InChI is InChI=1S/C25H29N3O3S/c1-16-17(2)19(4)24(20(5)18(16)3)32(30,31)28-14-12-27(13-15-28)25(29)23-22-9-7-6-8-21(22)10-11-26-23/h6-11H,12-15H2,1-5H3. The Labute approximate surface area is 189 Å². The molecule has 0 aliphatic carbocycles. The first-order valence-corrected chi connectivity index (χ1v) is 12.3. The number of benzene rings is 2. The number of carbonyl (C=O) groups excluding carboxylic acids is 1. The lowest BCUT2D eigenvalue weighted by atomic mass is 9.95. The molecule has 0 bridgehead atoms. The fourth-order valence-corrected chi connectivity index (χ4v) is 6.54. The molecule has 1 saturated heterocycles. The van der Waals surface area contributed by atoms with E-state index < -0.39 is 10.0 Å². The maximum Gasteiger partial charge on any atom is 0.273 e. The monoisotopic (exact) mass is 451 g/mol. The van der Waals surface area contributed by atoms with Gasteiger partial charge in [-0.2, -0.15) is 4.31 Å². The summed E-state index contributed by atoms with van der Waals surface area (Å²) in [7, 11) is -3.65. The normalized spacial score (nSPS) is 15.3. The SMILES string of the molecule is Cc1c(C)c(C)c(S(=O)(=O)N2CCN(C(=O)c3nccc4ccccc34)CC2)c(C)c1C. The summed E-state index contributed by atoms with van der Waals surface area (Å²) in [6.07, 6.45) is 1.64. The molecular weight excluding hydrogens is 422 g/mol. The second kappa shape index (κ2) is 8.30. The van der Waals surface area contributed by atoms with E-state index >= 15 is 0 Å². The van der Waals surface area contributed by atoms with Crippen molar-refractivity contribution in [2.24, 2.45) is 0 Å². The Hall–Kier alpha value is -2.77. The Bertz CT molecular complexity index is 1290. The predicted octanol–water partition coefficient (Wildman–Crippen LogP) is 3.92. The summed E-state index contributed by atoms with van der Waals surface area (Å²) in [6.45, 7) is 11.0. The van der Waals surface area contributed by atoms with E-state index in [0.717, 1.165) is 38.6 Å². The summed E-state index contributed by atoms with van der Waals surface area (Å²) in [4.78, 5) is 19.6. The molecule has 6 nitrogen and oxygen atoms in total. The maximum atomic E-state index is 13.6. The average Bonchev–Trinajstić information content (AvgIpc) is 2.80. The highest BCUT2D eigenvalue weighted by Gasteiger charge is 2.34. The van der Waals surface area contributed by atoms with Gasteiger partial charge in [0.2, 0.25) is 10.0 Å². The van der Waals surface area contributed by atoms with Crippen molar-refractivity contribution >= 4 is 26.7 Å². The Morgan fingerprint density at radius 1 is 0.812 bits per heavy atom. The minimum absolute atomic E-state index is 0.159. The molecule has 4 rings (SSSR count). The zero-order valence-electron chi connectivity index (χ0n) is 19.3. The van der Waals surface area contributed by atoms with Crippen LogP contribution in [-0.4, -0.2) is 54.7 Å². The first kappa shape index (κ1) is 22.4. The molecule has 1 aliphatic rings. The first-order valence-electron chi connectivity index (χ1n) is 10.8. The molecule has 32 heavy (non-hydrogen) atoms. The van der Waals surface area contributed by atoms with Crippen LogP contribution in [0, 0.1) is 34.6 Å². The summed E-state index contributed by atoms with van der Waals surface area (Å²) >= 11 is 0. The highest BCUT2D eigenvalue weighted by molar-refractivity contribution is 7.89. The van der Waals surface area contributed by atoms with Crippen LogP contribution in [0.2, 0.25) is 0 Å². The van der Waals surface area contributed by atoms with Crippen molar-refractivity contribution in [3.8, 4) is 0 Å². The van der Waals surface area contributed by atoms with Crippen LogP contribution >= 0.6 is 0 Å². The number of amides is 1. The van der Waals surface area contributed by atoms with Crippen LogP contribution in [0.15, 0.2) is 41.4 Å². The molecule has 2 aromatic carbocycles. The van der Waals surface area contributed by atoms with Gasteiger partial charge in [-0.05, 0) is 73.9 Å². The summed E-state index contributed by atoms with van der Waals surface area (Å²) in [6, 6.07) is 9.55. The molecule has 168 valence electrons. The number of aromatic nitrogens is 1. The fraction of sp³-hybridized carbons (Fsp3) is 0.360. The smallest absolute Gasteiger partial charge is 0.273 e. The molecule has 1 aliphatic heterocycles. The molecule has 1 aromatic heterocycles. The van der Waals surface area contributed by atoms with Crippen molar-refractivity contribution in [1.82, 2.24) is 14.2 Å². The van der Waals surface area contributed by atoms with Crippen molar-refractivity contribution < 1.29 is 13.2 Å². The van der Waals surface area contributed by atoms with Gasteiger partial charge < -0.3 is 4.90 Å². The molecule has 0 spiro atoms. The largest absolute Gasteiger partial charge is 0.335 e. The average molecular weight is 452 g/mol. The highest BCUT2D eigenvalue weighted by Crippen LogP contribution is 2.32. The van der Waals surface area contributed by atoms with Gasteiger partial charge in [-0.15, -0.1) is 0 Å². The van der Waals surface area contributed by atoms with Gasteiger partial charge in [0.15, 0.2) is 0 Å². The second-order valence-electron chi connectivity index (χ2n) is 8.53. The van der Waals surface area contributed by atoms with E-state index in [4.69, 9.17) is 0 Å². The maximum absolute atomic E-state index is 13.6. The molecule has 0 N–H and O–H groups in total. The van der Waals surface area contributed by atoms with Gasteiger partial charge in [-0.25, -0.2) is 8.42 Å². The number of nitrogens with zero attached hydrogens (tertiary/aromatic N) is 3. The van der Waals surface area contributed by atoms with Gasteiger partial charge in [-0.3, -0.25) is 9.78 Å². The summed E-state index contributed by atoms with van der Waals surface area (Å²) in [5.74, 6) is -0.159. The first-order chi connectivity index (χ1) is 15.1. The van der Waals surface area contributed by atoms with E-state index in [2.05, 4.69) is 4.98 Å². The minimum Gasteiger partial charge on any atom is -0.335 e. The summed E-state index contributed by atoms with van der Waals surface area (Å²) < 4.78 is 28.7. The molecule has 2 heterocycles. The van der Waals surface area contributed by atoms with E-state index in [-0.39, 0.29) is 19.0 Å². The van der Waals surface area contributed by atoms with E-state index in [9.17, 15) is 13.2 Å². The lowest BCUT2D eigenvalue weighted by Gasteiger charge is -2.35. The number of hydrogen-bond acceptors (Lipinski definition) is 4. The third kappa shape index (κ3) is 3.59. The summed E-state index contributed by atoms with van der Waals surface area (Å²) in [5.41, 5.74) is 5.20. The van der Waals surface area contributed by atoms with Crippen LogP contribution in [0.25, 0.3) is 10.8 Å². The highest BCUT2D eigenvalue weighted by atomic mass is 32.2. The fourth-order valence-electron chi connectivity index (χ4n) is 4.55.